The summed E-state index contributed by atoms with van der Waals surface area (Å²) in [6, 6.07) is 4.03. The Morgan fingerprint density at radius 2 is 2.10 bits per heavy atom. The highest BCUT2D eigenvalue weighted by atomic mass is 15.3. The van der Waals surface area contributed by atoms with Gasteiger partial charge in [0.05, 0.1) is 6.20 Å². The van der Waals surface area contributed by atoms with E-state index in [0.717, 1.165) is 23.7 Å². The van der Waals surface area contributed by atoms with Crippen LogP contribution < -0.4 is 5.32 Å². The van der Waals surface area contributed by atoms with E-state index in [1.807, 2.05) is 17.5 Å². The molecule has 2 aromatic rings. The van der Waals surface area contributed by atoms with E-state index in [2.05, 4.69) is 26.4 Å². The van der Waals surface area contributed by atoms with Crippen molar-refractivity contribution < 1.29 is 0 Å². The van der Waals surface area contributed by atoms with Gasteiger partial charge in [0.25, 0.3) is 0 Å². The third-order valence-corrected chi connectivity index (χ3v) is 5.20. The van der Waals surface area contributed by atoms with Gasteiger partial charge in [0.15, 0.2) is 5.65 Å². The number of fused-ring (bicyclic) bond motifs is 2. The van der Waals surface area contributed by atoms with Gasteiger partial charge in [0, 0.05) is 29.9 Å². The number of anilines is 1. The first-order valence-corrected chi connectivity index (χ1v) is 8.07. The summed E-state index contributed by atoms with van der Waals surface area (Å²) in [6.45, 7) is 5.65. The standard InChI is InChI=1S/C16H23N5/c1-13-12-15(21-14(19-13)4-8-18-21)17-9-7-16-5-2-10-20(16)11-3-6-16/h4,8,12,17H,2-3,5-7,9-11H2,1H3. The van der Waals surface area contributed by atoms with Gasteiger partial charge in [-0.15, -0.1) is 0 Å². The molecule has 2 aliphatic heterocycles. The zero-order valence-electron chi connectivity index (χ0n) is 12.7. The van der Waals surface area contributed by atoms with E-state index in [-0.39, 0.29) is 0 Å². The minimum Gasteiger partial charge on any atom is -0.370 e. The second-order valence-corrected chi connectivity index (χ2v) is 6.48. The van der Waals surface area contributed by atoms with Gasteiger partial charge < -0.3 is 5.32 Å². The Kier molecular flexibility index (Phi) is 3.10. The maximum absolute atomic E-state index is 4.49. The molecule has 0 aromatic carbocycles. The molecule has 1 N–H and O–H groups in total. The zero-order valence-corrected chi connectivity index (χ0v) is 12.7. The Morgan fingerprint density at radius 1 is 1.29 bits per heavy atom. The molecule has 0 saturated carbocycles. The Balaban J connectivity index is 1.48. The molecular formula is C16H23N5. The van der Waals surface area contributed by atoms with Crippen molar-refractivity contribution in [3.8, 4) is 0 Å². The van der Waals surface area contributed by atoms with Crippen LogP contribution in [0.3, 0.4) is 0 Å². The summed E-state index contributed by atoms with van der Waals surface area (Å²) in [5.74, 6) is 1.06. The Morgan fingerprint density at radius 3 is 2.90 bits per heavy atom. The third-order valence-electron chi connectivity index (χ3n) is 5.20. The molecule has 2 saturated heterocycles. The van der Waals surface area contributed by atoms with Crippen molar-refractivity contribution in [3.05, 3.63) is 24.0 Å². The fraction of sp³-hybridized carbons (Fsp3) is 0.625. The normalized spacial score (nSPS) is 21.0. The Bertz CT molecular complexity index is 637. The highest BCUT2D eigenvalue weighted by Crippen LogP contribution is 2.41. The zero-order chi connectivity index (χ0) is 14.3. The van der Waals surface area contributed by atoms with Crippen molar-refractivity contribution in [1.82, 2.24) is 19.5 Å². The molecule has 0 radical (unpaired) electrons. The SMILES string of the molecule is Cc1cc(NCCC23CCCN2CCC3)n2nccc2n1. The van der Waals surface area contributed by atoms with E-state index in [1.54, 1.807) is 6.20 Å². The smallest absolute Gasteiger partial charge is 0.157 e. The average Bonchev–Trinajstić information content (AvgIpc) is 3.11. The molecule has 2 aromatic heterocycles. The summed E-state index contributed by atoms with van der Waals surface area (Å²) in [5, 5.41) is 7.94. The summed E-state index contributed by atoms with van der Waals surface area (Å²) in [7, 11) is 0. The highest BCUT2D eigenvalue weighted by Gasteiger charge is 2.43. The van der Waals surface area contributed by atoms with Gasteiger partial charge in [-0.2, -0.15) is 9.61 Å². The van der Waals surface area contributed by atoms with Crippen molar-refractivity contribution in [3.63, 3.8) is 0 Å². The van der Waals surface area contributed by atoms with E-state index in [0.29, 0.717) is 5.54 Å². The minimum atomic E-state index is 0.484. The Hall–Kier alpha value is -1.62. The minimum absolute atomic E-state index is 0.484. The van der Waals surface area contributed by atoms with E-state index < -0.39 is 0 Å². The molecule has 21 heavy (non-hydrogen) atoms. The lowest BCUT2D eigenvalue weighted by Gasteiger charge is -2.32. The first-order valence-electron chi connectivity index (χ1n) is 8.07. The molecule has 0 amide bonds. The van der Waals surface area contributed by atoms with E-state index in [1.165, 1.54) is 45.2 Å². The van der Waals surface area contributed by atoms with Crippen LogP contribution in [0.25, 0.3) is 5.65 Å². The van der Waals surface area contributed by atoms with Crippen LogP contribution in [0.2, 0.25) is 0 Å². The van der Waals surface area contributed by atoms with Crippen LogP contribution >= 0.6 is 0 Å². The summed E-state index contributed by atoms with van der Waals surface area (Å²) in [6.07, 6.45) is 8.54. The van der Waals surface area contributed by atoms with Crippen molar-refractivity contribution in [1.29, 1.82) is 0 Å². The molecule has 4 rings (SSSR count). The van der Waals surface area contributed by atoms with Gasteiger partial charge in [-0.1, -0.05) is 0 Å². The molecule has 112 valence electrons. The fourth-order valence-corrected chi connectivity index (χ4v) is 4.22. The van der Waals surface area contributed by atoms with Crippen LogP contribution in [0.4, 0.5) is 5.82 Å². The molecule has 0 aliphatic carbocycles. The van der Waals surface area contributed by atoms with Gasteiger partial charge >= 0.3 is 0 Å². The molecule has 5 nitrogen and oxygen atoms in total. The summed E-state index contributed by atoms with van der Waals surface area (Å²) in [5.41, 5.74) is 2.43. The fourth-order valence-electron chi connectivity index (χ4n) is 4.22. The first kappa shape index (κ1) is 13.1. The van der Waals surface area contributed by atoms with Crippen molar-refractivity contribution in [2.45, 2.75) is 44.6 Å². The largest absolute Gasteiger partial charge is 0.370 e. The molecule has 4 heterocycles. The van der Waals surface area contributed by atoms with E-state index >= 15 is 0 Å². The number of aryl methyl sites for hydroxylation is 1. The second-order valence-electron chi connectivity index (χ2n) is 6.48. The molecule has 5 heteroatoms. The van der Waals surface area contributed by atoms with Gasteiger partial charge in [-0.05, 0) is 52.1 Å². The topological polar surface area (TPSA) is 45.5 Å². The number of hydrogen-bond donors (Lipinski definition) is 1. The van der Waals surface area contributed by atoms with Crippen LogP contribution in [-0.2, 0) is 0 Å². The van der Waals surface area contributed by atoms with Crippen LogP contribution in [-0.4, -0.2) is 44.7 Å². The number of hydrogen-bond acceptors (Lipinski definition) is 4. The number of nitrogens with one attached hydrogen (secondary N) is 1. The second kappa shape index (κ2) is 4.98. The van der Waals surface area contributed by atoms with Crippen molar-refractivity contribution in [2.75, 3.05) is 25.0 Å². The summed E-state index contributed by atoms with van der Waals surface area (Å²) < 4.78 is 1.89. The predicted molar refractivity (Wildman–Crippen MR) is 83.6 cm³/mol. The first-order chi connectivity index (χ1) is 10.3. The quantitative estimate of drug-likeness (QED) is 0.937. The van der Waals surface area contributed by atoms with Gasteiger partial charge in [-0.25, -0.2) is 4.98 Å². The molecule has 0 atom stereocenters. The summed E-state index contributed by atoms with van der Waals surface area (Å²) in [4.78, 5) is 7.20. The lowest BCUT2D eigenvalue weighted by molar-refractivity contribution is 0.187. The van der Waals surface area contributed by atoms with E-state index in [9.17, 15) is 0 Å². The molecule has 0 unspecified atom stereocenters. The lowest BCUT2D eigenvalue weighted by atomic mass is 9.90. The lowest BCUT2D eigenvalue weighted by Crippen LogP contribution is -2.39. The number of rotatable bonds is 4. The molecule has 2 fully saturated rings. The Labute approximate surface area is 125 Å². The van der Waals surface area contributed by atoms with Gasteiger partial charge in [-0.3, -0.25) is 4.90 Å². The molecular weight excluding hydrogens is 262 g/mol. The van der Waals surface area contributed by atoms with Crippen molar-refractivity contribution >= 4 is 11.5 Å². The molecule has 0 bridgehead atoms. The maximum atomic E-state index is 4.49. The van der Waals surface area contributed by atoms with Gasteiger partial charge in [0.1, 0.15) is 5.82 Å². The monoisotopic (exact) mass is 285 g/mol. The van der Waals surface area contributed by atoms with Crippen LogP contribution in [0.15, 0.2) is 18.3 Å². The van der Waals surface area contributed by atoms with Crippen LogP contribution in [0, 0.1) is 6.92 Å². The number of nitrogens with zero attached hydrogens (tertiary/aromatic N) is 4. The van der Waals surface area contributed by atoms with Crippen molar-refractivity contribution in [2.24, 2.45) is 0 Å². The number of aromatic nitrogens is 3. The predicted octanol–water partition coefficient (Wildman–Crippen LogP) is 2.47. The third kappa shape index (κ3) is 2.20. The summed E-state index contributed by atoms with van der Waals surface area (Å²) >= 11 is 0. The maximum Gasteiger partial charge on any atom is 0.157 e. The highest BCUT2D eigenvalue weighted by molar-refractivity contribution is 5.48. The average molecular weight is 285 g/mol. The van der Waals surface area contributed by atoms with Crippen LogP contribution in [0.1, 0.15) is 37.8 Å². The van der Waals surface area contributed by atoms with Crippen LogP contribution in [0.5, 0.6) is 0 Å². The van der Waals surface area contributed by atoms with Gasteiger partial charge in [0.2, 0.25) is 0 Å². The van der Waals surface area contributed by atoms with E-state index in [4.69, 9.17) is 0 Å². The molecule has 2 aliphatic rings. The molecule has 0 spiro atoms.